The standard InChI is InChI=1S/2C28H42NO.Ni/c2*1-9-11-14-20-16-13-17-21(15-12-10-2)25(20)29-24-19-22(27(3,4)5)18-23(26(24)30)28(6,7)8;/h2*13,16-19,30H,9-12,14-15H2,1-8H3;/q2*-1;+2. The summed E-state index contributed by atoms with van der Waals surface area (Å²) in [6.45, 7) is 35.1. The van der Waals surface area contributed by atoms with E-state index in [4.69, 9.17) is 10.6 Å². The first-order chi connectivity index (χ1) is 28.0. The zero-order valence-electron chi connectivity index (χ0n) is 41.4. The number of para-hydroxylation sites is 2. The number of hydrogen-bond donors (Lipinski definition) is 2. The molecule has 0 aliphatic rings. The minimum Gasteiger partial charge on any atom is -0.654 e. The van der Waals surface area contributed by atoms with E-state index < -0.39 is 0 Å². The van der Waals surface area contributed by atoms with Gasteiger partial charge in [-0.25, -0.2) is 0 Å². The molecule has 0 fully saturated rings. The normalized spacial score (nSPS) is 12.1. The molecule has 0 atom stereocenters. The molecule has 0 spiro atoms. The number of nitrogens with zero attached hydrogens (tertiary/aromatic N) is 2. The Hall–Kier alpha value is -3.43. The molecule has 0 aliphatic heterocycles. The molecule has 0 radical (unpaired) electrons. The Morgan fingerprint density at radius 3 is 0.885 bits per heavy atom. The summed E-state index contributed by atoms with van der Waals surface area (Å²) < 4.78 is 0. The van der Waals surface area contributed by atoms with Gasteiger partial charge in [-0.3, -0.25) is 0 Å². The second kappa shape index (κ2) is 23.3. The first kappa shape index (κ1) is 53.7. The van der Waals surface area contributed by atoms with Gasteiger partial charge >= 0.3 is 16.5 Å². The number of aromatic hydroxyl groups is 2. The van der Waals surface area contributed by atoms with Crippen molar-refractivity contribution in [1.82, 2.24) is 0 Å². The van der Waals surface area contributed by atoms with Crippen molar-refractivity contribution in [3.8, 4) is 11.5 Å². The molecular weight excluding hydrogens is 791 g/mol. The monoisotopic (exact) mass is 875 g/mol. The van der Waals surface area contributed by atoms with Gasteiger partial charge < -0.3 is 20.8 Å². The van der Waals surface area contributed by atoms with Crippen molar-refractivity contribution in [3.63, 3.8) is 0 Å². The van der Waals surface area contributed by atoms with E-state index >= 15 is 0 Å². The molecule has 0 bridgehead atoms. The number of benzene rings is 4. The van der Waals surface area contributed by atoms with Gasteiger partial charge in [0, 0.05) is 0 Å². The smallest absolute Gasteiger partial charge is 0.654 e. The average Bonchev–Trinajstić information content (AvgIpc) is 3.15. The molecule has 0 amide bonds. The maximum Gasteiger partial charge on any atom is 2.00 e. The molecule has 61 heavy (non-hydrogen) atoms. The molecule has 4 aromatic rings. The van der Waals surface area contributed by atoms with Crippen molar-refractivity contribution in [2.45, 2.75) is 209 Å². The number of rotatable bonds is 16. The summed E-state index contributed by atoms with van der Waals surface area (Å²) in [5.74, 6) is 0.643. The third kappa shape index (κ3) is 15.4. The molecule has 0 unspecified atom stereocenters. The first-order valence-electron chi connectivity index (χ1n) is 23.4. The summed E-state index contributed by atoms with van der Waals surface area (Å²) in [5, 5.41) is 32.7. The molecule has 0 heterocycles. The Morgan fingerprint density at radius 1 is 0.410 bits per heavy atom. The van der Waals surface area contributed by atoms with Crippen molar-refractivity contribution >= 4 is 22.7 Å². The number of phenols is 2. The molecule has 4 nitrogen and oxygen atoms in total. The van der Waals surface area contributed by atoms with E-state index in [1.165, 1.54) is 33.4 Å². The van der Waals surface area contributed by atoms with Crippen LogP contribution in [0.5, 0.6) is 11.5 Å². The Kier molecular flexibility index (Phi) is 20.5. The van der Waals surface area contributed by atoms with Gasteiger partial charge in [-0.2, -0.15) is 0 Å². The second-order valence-corrected chi connectivity index (χ2v) is 21.3. The second-order valence-electron chi connectivity index (χ2n) is 21.3. The van der Waals surface area contributed by atoms with E-state index in [0.717, 1.165) is 99.6 Å². The Morgan fingerprint density at radius 2 is 0.672 bits per heavy atom. The van der Waals surface area contributed by atoms with E-state index in [0.29, 0.717) is 22.9 Å². The van der Waals surface area contributed by atoms with Crippen LogP contribution in [0.25, 0.3) is 10.6 Å². The zero-order chi connectivity index (χ0) is 45.1. The predicted octanol–water partition coefficient (Wildman–Crippen LogP) is 18.0. The molecule has 0 aliphatic carbocycles. The van der Waals surface area contributed by atoms with E-state index in [-0.39, 0.29) is 38.2 Å². The zero-order valence-corrected chi connectivity index (χ0v) is 42.4. The van der Waals surface area contributed by atoms with E-state index in [1.807, 2.05) is 0 Å². The molecule has 0 saturated carbocycles. The van der Waals surface area contributed by atoms with Gasteiger partial charge in [0.15, 0.2) is 0 Å². The van der Waals surface area contributed by atoms with Crippen LogP contribution in [0.4, 0.5) is 22.7 Å². The largest absolute Gasteiger partial charge is 2.00 e. The molecule has 5 heteroatoms. The van der Waals surface area contributed by atoms with Gasteiger partial charge in [0.2, 0.25) is 0 Å². The van der Waals surface area contributed by atoms with Gasteiger partial charge in [-0.05, 0) is 95.3 Å². The summed E-state index contributed by atoms with van der Waals surface area (Å²) in [5.41, 5.74) is 12.8. The van der Waals surface area contributed by atoms with Gasteiger partial charge in [0.1, 0.15) is 11.5 Å². The van der Waals surface area contributed by atoms with Crippen LogP contribution < -0.4 is 0 Å². The van der Waals surface area contributed by atoms with Crippen LogP contribution in [0.15, 0.2) is 60.7 Å². The fraction of sp³-hybridized carbons (Fsp3) is 0.571. The molecule has 0 aromatic heterocycles. The maximum atomic E-state index is 11.2. The van der Waals surface area contributed by atoms with E-state index in [1.54, 1.807) is 0 Å². The first-order valence-corrected chi connectivity index (χ1v) is 23.4. The van der Waals surface area contributed by atoms with Gasteiger partial charge in [0.05, 0.1) is 0 Å². The molecular formula is C56H84N2NiO2. The number of unbranched alkanes of at least 4 members (excludes halogenated alkanes) is 4. The fourth-order valence-electron chi connectivity index (χ4n) is 7.51. The number of hydrogen-bond acceptors (Lipinski definition) is 2. The summed E-state index contributed by atoms with van der Waals surface area (Å²) in [6, 6.07) is 21.7. The van der Waals surface area contributed by atoms with Crippen molar-refractivity contribution in [1.29, 1.82) is 0 Å². The molecule has 340 valence electrons. The van der Waals surface area contributed by atoms with Gasteiger partial charge in [-0.1, -0.05) is 231 Å². The van der Waals surface area contributed by atoms with Crippen molar-refractivity contribution in [2.75, 3.05) is 0 Å². The van der Waals surface area contributed by atoms with Crippen molar-refractivity contribution in [3.05, 3.63) is 116 Å². The molecule has 4 rings (SSSR count). The van der Waals surface area contributed by atoms with E-state index in [9.17, 15) is 10.2 Å². The fourth-order valence-corrected chi connectivity index (χ4v) is 7.51. The SMILES string of the molecule is CCCCc1cccc(CCCC)c1[N-]c1cc(C(C)(C)C)cc(C(C)(C)C)c1O.CCCCc1cccc(CCCC)c1[N-]c1cc(C(C)(C)C)cc(C(C)(C)C)c1O.[Ni+2]. The van der Waals surface area contributed by atoms with Crippen LogP contribution >= 0.6 is 0 Å². The predicted molar refractivity (Wildman–Crippen MR) is 264 cm³/mol. The summed E-state index contributed by atoms with van der Waals surface area (Å²) in [7, 11) is 0. The quantitative estimate of drug-likeness (QED) is 0.110. The van der Waals surface area contributed by atoms with Crippen molar-refractivity contribution in [2.24, 2.45) is 0 Å². The molecule has 4 aromatic carbocycles. The summed E-state index contributed by atoms with van der Waals surface area (Å²) >= 11 is 0. The van der Waals surface area contributed by atoms with Crippen LogP contribution in [0.3, 0.4) is 0 Å². The Balaban J connectivity index is 0.000000413. The van der Waals surface area contributed by atoms with Gasteiger partial charge in [-0.15, -0.1) is 11.4 Å². The summed E-state index contributed by atoms with van der Waals surface area (Å²) in [6.07, 6.45) is 13.4. The summed E-state index contributed by atoms with van der Waals surface area (Å²) in [4.78, 5) is 0. The van der Waals surface area contributed by atoms with Crippen LogP contribution in [-0.4, -0.2) is 10.2 Å². The average molecular weight is 876 g/mol. The molecule has 2 N–H and O–H groups in total. The third-order valence-electron chi connectivity index (χ3n) is 11.6. The van der Waals surface area contributed by atoms with Crippen molar-refractivity contribution < 1.29 is 26.7 Å². The van der Waals surface area contributed by atoms with Crippen LogP contribution in [0, 0.1) is 0 Å². The van der Waals surface area contributed by atoms with Crippen LogP contribution in [0.2, 0.25) is 0 Å². The minimum atomic E-state index is -0.150. The third-order valence-corrected chi connectivity index (χ3v) is 11.6. The number of aryl methyl sites for hydroxylation is 4. The van der Waals surface area contributed by atoms with Crippen LogP contribution in [0.1, 0.15) is 207 Å². The van der Waals surface area contributed by atoms with E-state index in [2.05, 4.69) is 171 Å². The number of phenolic OH excluding ortho intramolecular Hbond substituents is 2. The Labute approximate surface area is 384 Å². The molecule has 0 saturated heterocycles. The minimum absolute atomic E-state index is 0. The Bertz CT molecular complexity index is 1770. The van der Waals surface area contributed by atoms with Crippen LogP contribution in [-0.2, 0) is 63.8 Å². The topological polar surface area (TPSA) is 68.7 Å². The maximum absolute atomic E-state index is 11.2. The van der Waals surface area contributed by atoms with Gasteiger partial charge in [0.25, 0.3) is 0 Å².